The van der Waals surface area contributed by atoms with Crippen LogP contribution in [0.25, 0.3) is 116 Å². The maximum Gasteiger partial charge on any atom is 0.164 e. The highest BCUT2D eigenvalue weighted by Crippen LogP contribution is 2.44. The molecule has 0 atom stereocenters. The first-order chi connectivity index (χ1) is 30.3. The van der Waals surface area contributed by atoms with E-state index in [4.69, 9.17) is 24.9 Å². The van der Waals surface area contributed by atoms with E-state index < -0.39 is 0 Å². The minimum atomic E-state index is 0.614. The van der Waals surface area contributed by atoms with Crippen LogP contribution in [0.15, 0.2) is 207 Å². The molecule has 12 rings (SSSR count). The molecule has 0 spiro atoms. The maximum absolute atomic E-state index is 5.14. The van der Waals surface area contributed by atoms with Gasteiger partial charge >= 0.3 is 0 Å². The summed E-state index contributed by atoms with van der Waals surface area (Å²) in [6, 6.07) is 68.0. The molecule has 0 N–H and O–H groups in total. The van der Waals surface area contributed by atoms with E-state index in [2.05, 4.69) is 138 Å². The number of fused-ring (bicyclic) bond motifs is 9. The van der Waals surface area contributed by atoms with Crippen LogP contribution in [0.2, 0.25) is 0 Å². The third-order valence-electron chi connectivity index (χ3n) is 11.8. The fourth-order valence-electron chi connectivity index (χ4n) is 9.04. The van der Waals surface area contributed by atoms with Crippen LogP contribution in [-0.4, -0.2) is 29.5 Å². The number of rotatable bonds is 6. The van der Waals surface area contributed by atoms with Gasteiger partial charge in [-0.25, -0.2) is 15.0 Å². The molecular formula is C55H34N6. The monoisotopic (exact) mass is 778 g/mol. The molecule has 0 amide bonds. The van der Waals surface area contributed by atoms with Crippen molar-refractivity contribution >= 4 is 54.4 Å². The van der Waals surface area contributed by atoms with Gasteiger partial charge in [-0.05, 0) is 51.7 Å². The van der Waals surface area contributed by atoms with Crippen molar-refractivity contribution < 1.29 is 0 Å². The Morgan fingerprint density at radius 1 is 0.295 bits per heavy atom. The van der Waals surface area contributed by atoms with Gasteiger partial charge in [0.05, 0.1) is 27.8 Å². The first-order valence-electron chi connectivity index (χ1n) is 20.4. The van der Waals surface area contributed by atoms with E-state index in [1.807, 2.05) is 60.7 Å². The number of aromatic nitrogens is 6. The zero-order chi connectivity index (χ0) is 40.3. The number of para-hydroxylation sites is 2. The van der Waals surface area contributed by atoms with Gasteiger partial charge in [-0.15, -0.1) is 0 Å². The average molecular weight is 779 g/mol. The second-order valence-corrected chi connectivity index (χ2v) is 15.2. The molecule has 12 aromatic rings. The SMILES string of the molecule is c1ccc(-c2nc(-c3ccccc3)nc(-c3ccccc3-c3ccccc3-c3ccccc3-n3c4ccccc4c4cc5c6ccccc6c6nccnc6c5cc43)n2)cc1. The average Bonchev–Trinajstić information content (AvgIpc) is 3.67. The van der Waals surface area contributed by atoms with Crippen molar-refractivity contribution in [3.63, 3.8) is 0 Å². The summed E-state index contributed by atoms with van der Waals surface area (Å²) >= 11 is 0. The minimum absolute atomic E-state index is 0.614. The van der Waals surface area contributed by atoms with Crippen LogP contribution in [0.3, 0.4) is 0 Å². The summed E-state index contributed by atoms with van der Waals surface area (Å²) in [5.41, 5.74) is 12.2. The molecule has 0 fully saturated rings. The molecule has 284 valence electrons. The summed E-state index contributed by atoms with van der Waals surface area (Å²) in [4.78, 5) is 25.0. The number of hydrogen-bond acceptors (Lipinski definition) is 5. The zero-order valence-electron chi connectivity index (χ0n) is 32.8. The molecule has 9 aromatic carbocycles. The van der Waals surface area contributed by atoms with Gasteiger partial charge in [0.25, 0.3) is 0 Å². The van der Waals surface area contributed by atoms with Crippen LogP contribution in [0, 0.1) is 0 Å². The molecule has 6 heteroatoms. The molecule has 0 radical (unpaired) electrons. The van der Waals surface area contributed by atoms with Gasteiger partial charge in [0.2, 0.25) is 0 Å². The molecule has 0 bridgehead atoms. The second-order valence-electron chi connectivity index (χ2n) is 15.2. The van der Waals surface area contributed by atoms with Gasteiger partial charge in [-0.3, -0.25) is 9.97 Å². The summed E-state index contributed by atoms with van der Waals surface area (Å²) < 4.78 is 2.42. The molecule has 0 aliphatic carbocycles. The van der Waals surface area contributed by atoms with Crippen molar-refractivity contribution in [2.45, 2.75) is 0 Å². The van der Waals surface area contributed by atoms with Crippen molar-refractivity contribution in [2.75, 3.05) is 0 Å². The smallest absolute Gasteiger partial charge is 0.164 e. The van der Waals surface area contributed by atoms with Crippen molar-refractivity contribution in [1.82, 2.24) is 29.5 Å². The van der Waals surface area contributed by atoms with E-state index in [0.29, 0.717) is 17.5 Å². The van der Waals surface area contributed by atoms with Gasteiger partial charge in [0, 0.05) is 56.2 Å². The van der Waals surface area contributed by atoms with Crippen LogP contribution in [0.5, 0.6) is 0 Å². The lowest BCUT2D eigenvalue weighted by Crippen LogP contribution is -2.01. The fourth-order valence-corrected chi connectivity index (χ4v) is 9.04. The van der Waals surface area contributed by atoms with E-state index in [0.717, 1.165) is 77.5 Å². The largest absolute Gasteiger partial charge is 0.309 e. The van der Waals surface area contributed by atoms with Gasteiger partial charge in [-0.1, -0.05) is 170 Å². The lowest BCUT2D eigenvalue weighted by molar-refractivity contribution is 1.07. The molecule has 0 aliphatic heterocycles. The lowest BCUT2D eigenvalue weighted by atomic mass is 9.90. The van der Waals surface area contributed by atoms with E-state index in [1.165, 1.54) is 21.5 Å². The Morgan fingerprint density at radius 2 is 0.770 bits per heavy atom. The van der Waals surface area contributed by atoms with Crippen LogP contribution in [-0.2, 0) is 0 Å². The minimum Gasteiger partial charge on any atom is -0.309 e. The van der Waals surface area contributed by atoms with Crippen molar-refractivity contribution in [3.05, 3.63) is 207 Å². The molecule has 0 unspecified atom stereocenters. The quantitative estimate of drug-likeness (QED) is 0.157. The van der Waals surface area contributed by atoms with Crippen molar-refractivity contribution in [2.24, 2.45) is 0 Å². The Balaban J connectivity index is 1.09. The van der Waals surface area contributed by atoms with Crippen LogP contribution in [0.4, 0.5) is 0 Å². The Labute approximate surface area is 351 Å². The first kappa shape index (κ1) is 34.7. The standard InChI is InChI=1S/C55H34N6/c1-3-17-35(18-4-1)53-58-54(36-19-5-2-6-20-36)60-55(59-53)44-28-12-10-23-39(44)37-21-7-8-22-38(37)41-25-13-15-29-48(41)61-49-30-16-14-26-42(49)46-33-45-40-24-9-11-27-43(40)51-52(57-32-31-56-51)47(45)34-50(46)61/h1-34H. The molecule has 0 saturated carbocycles. The fraction of sp³-hybridized carbons (Fsp3) is 0. The zero-order valence-corrected chi connectivity index (χ0v) is 32.8. The molecule has 61 heavy (non-hydrogen) atoms. The summed E-state index contributed by atoms with van der Waals surface area (Å²) in [6.45, 7) is 0. The topological polar surface area (TPSA) is 69.4 Å². The molecule has 6 nitrogen and oxygen atoms in total. The number of nitrogens with zero attached hydrogens (tertiary/aromatic N) is 6. The summed E-state index contributed by atoms with van der Waals surface area (Å²) in [6.07, 6.45) is 3.58. The highest BCUT2D eigenvalue weighted by atomic mass is 15.0. The van der Waals surface area contributed by atoms with Gasteiger partial charge in [-0.2, -0.15) is 0 Å². The first-order valence-corrected chi connectivity index (χ1v) is 20.4. The Bertz CT molecular complexity index is 3590. The Morgan fingerprint density at radius 3 is 1.44 bits per heavy atom. The van der Waals surface area contributed by atoms with Gasteiger partial charge in [0.1, 0.15) is 0 Å². The summed E-state index contributed by atoms with van der Waals surface area (Å²) in [5, 5.41) is 6.89. The lowest BCUT2D eigenvalue weighted by Gasteiger charge is -2.18. The molecular weight excluding hydrogens is 745 g/mol. The predicted octanol–water partition coefficient (Wildman–Crippen LogP) is 13.6. The Hall–Kier alpha value is -8.35. The van der Waals surface area contributed by atoms with E-state index in [1.54, 1.807) is 12.4 Å². The third-order valence-corrected chi connectivity index (χ3v) is 11.8. The maximum atomic E-state index is 5.14. The molecule has 0 saturated heterocycles. The van der Waals surface area contributed by atoms with Gasteiger partial charge < -0.3 is 4.57 Å². The van der Waals surface area contributed by atoms with E-state index in [9.17, 15) is 0 Å². The number of hydrogen-bond donors (Lipinski definition) is 0. The normalized spacial score (nSPS) is 11.6. The van der Waals surface area contributed by atoms with Crippen LogP contribution in [0.1, 0.15) is 0 Å². The van der Waals surface area contributed by atoms with E-state index in [-0.39, 0.29) is 0 Å². The molecule has 3 aromatic heterocycles. The summed E-state index contributed by atoms with van der Waals surface area (Å²) in [7, 11) is 0. The number of benzene rings is 9. The highest BCUT2D eigenvalue weighted by Gasteiger charge is 2.22. The molecule has 0 aliphatic rings. The predicted molar refractivity (Wildman–Crippen MR) is 249 cm³/mol. The third kappa shape index (κ3) is 5.69. The summed E-state index contributed by atoms with van der Waals surface area (Å²) in [5.74, 6) is 1.87. The molecule has 3 heterocycles. The van der Waals surface area contributed by atoms with Crippen molar-refractivity contribution in [1.29, 1.82) is 0 Å². The van der Waals surface area contributed by atoms with Crippen LogP contribution >= 0.6 is 0 Å². The van der Waals surface area contributed by atoms with E-state index >= 15 is 0 Å². The van der Waals surface area contributed by atoms with Crippen molar-refractivity contribution in [3.8, 4) is 62.1 Å². The van der Waals surface area contributed by atoms with Crippen LogP contribution < -0.4 is 0 Å². The highest BCUT2D eigenvalue weighted by molar-refractivity contribution is 6.27. The Kier molecular flexibility index (Phi) is 8.06. The second kappa shape index (κ2) is 14.2. The van der Waals surface area contributed by atoms with Gasteiger partial charge in [0.15, 0.2) is 17.5 Å².